The summed E-state index contributed by atoms with van der Waals surface area (Å²) in [7, 11) is 0. The van der Waals surface area contributed by atoms with Crippen molar-refractivity contribution in [2.75, 3.05) is 13.1 Å². The minimum absolute atomic E-state index is 0.0689. The SMILES string of the molecule is O=C(O)[C@H]1CCC[C@H]1N1C[C@@H]2CCCCN2C1=O. The molecule has 2 aliphatic heterocycles. The molecular formula is C13H20N2O3. The predicted molar refractivity (Wildman–Crippen MR) is 65.2 cm³/mol. The van der Waals surface area contributed by atoms with Gasteiger partial charge in [0.15, 0.2) is 0 Å². The topological polar surface area (TPSA) is 60.9 Å². The number of urea groups is 1. The smallest absolute Gasteiger partial charge is 0.320 e. The molecule has 0 radical (unpaired) electrons. The van der Waals surface area contributed by atoms with Crippen LogP contribution in [-0.2, 0) is 4.79 Å². The molecule has 18 heavy (non-hydrogen) atoms. The highest BCUT2D eigenvalue weighted by atomic mass is 16.4. The number of aliphatic carboxylic acids is 1. The molecular weight excluding hydrogens is 232 g/mol. The van der Waals surface area contributed by atoms with Crippen LogP contribution in [0.1, 0.15) is 38.5 Å². The van der Waals surface area contributed by atoms with Crippen LogP contribution in [-0.4, -0.2) is 52.1 Å². The summed E-state index contributed by atoms with van der Waals surface area (Å²) < 4.78 is 0. The van der Waals surface area contributed by atoms with Crippen molar-refractivity contribution in [3.8, 4) is 0 Å². The molecule has 2 saturated heterocycles. The molecule has 1 aliphatic carbocycles. The molecule has 0 aromatic rings. The Balaban J connectivity index is 1.76. The Morgan fingerprint density at radius 1 is 1.11 bits per heavy atom. The van der Waals surface area contributed by atoms with E-state index in [-0.39, 0.29) is 18.0 Å². The van der Waals surface area contributed by atoms with Crippen LogP contribution in [0.25, 0.3) is 0 Å². The highest BCUT2D eigenvalue weighted by Crippen LogP contribution is 2.35. The summed E-state index contributed by atoms with van der Waals surface area (Å²) in [4.78, 5) is 27.4. The van der Waals surface area contributed by atoms with Gasteiger partial charge in [-0.3, -0.25) is 4.79 Å². The maximum atomic E-state index is 12.4. The van der Waals surface area contributed by atoms with E-state index in [1.807, 2.05) is 9.80 Å². The Hall–Kier alpha value is -1.26. The zero-order valence-electron chi connectivity index (χ0n) is 10.5. The number of carboxylic acid groups (broad SMARTS) is 1. The fraction of sp³-hybridized carbons (Fsp3) is 0.846. The zero-order valence-corrected chi connectivity index (χ0v) is 10.5. The first-order chi connectivity index (χ1) is 8.68. The van der Waals surface area contributed by atoms with E-state index in [4.69, 9.17) is 0 Å². The number of amides is 2. The normalized spacial score (nSPS) is 36.0. The van der Waals surface area contributed by atoms with Crippen molar-refractivity contribution >= 4 is 12.0 Å². The van der Waals surface area contributed by atoms with Crippen LogP contribution >= 0.6 is 0 Å². The van der Waals surface area contributed by atoms with E-state index in [9.17, 15) is 14.7 Å². The molecule has 3 aliphatic rings. The Bertz CT molecular complexity index is 371. The third-order valence-corrected chi connectivity index (χ3v) is 4.72. The van der Waals surface area contributed by atoms with E-state index >= 15 is 0 Å². The lowest BCUT2D eigenvalue weighted by Gasteiger charge is -2.28. The first-order valence-corrected chi connectivity index (χ1v) is 6.98. The van der Waals surface area contributed by atoms with E-state index < -0.39 is 5.97 Å². The molecule has 5 nitrogen and oxygen atoms in total. The molecule has 0 unspecified atom stereocenters. The first kappa shape index (κ1) is 11.8. The average Bonchev–Trinajstić information content (AvgIpc) is 2.94. The van der Waals surface area contributed by atoms with Gasteiger partial charge in [0, 0.05) is 19.1 Å². The van der Waals surface area contributed by atoms with Gasteiger partial charge in [-0.15, -0.1) is 0 Å². The standard InChI is InChI=1S/C13H20N2O3/c16-12(17)10-5-3-6-11(10)15-8-9-4-1-2-7-14(9)13(15)18/h9-11H,1-8H2,(H,16,17)/t9-,10-,11+/m0/s1. The van der Waals surface area contributed by atoms with Crippen LogP contribution in [0.15, 0.2) is 0 Å². The molecule has 0 aromatic heterocycles. The molecule has 3 fully saturated rings. The van der Waals surface area contributed by atoms with E-state index in [0.29, 0.717) is 12.5 Å². The second-order valence-corrected chi connectivity index (χ2v) is 5.72. The van der Waals surface area contributed by atoms with Crippen molar-refractivity contribution in [2.45, 2.75) is 50.6 Å². The van der Waals surface area contributed by atoms with Gasteiger partial charge in [0.1, 0.15) is 0 Å². The molecule has 0 spiro atoms. The molecule has 0 aromatic carbocycles. The lowest BCUT2D eigenvalue weighted by atomic mass is 10.0. The van der Waals surface area contributed by atoms with E-state index in [0.717, 1.165) is 38.8 Å². The van der Waals surface area contributed by atoms with Crippen molar-refractivity contribution in [1.29, 1.82) is 0 Å². The third-order valence-electron chi connectivity index (χ3n) is 4.72. The van der Waals surface area contributed by atoms with E-state index in [2.05, 4.69) is 0 Å². The average molecular weight is 252 g/mol. The summed E-state index contributed by atoms with van der Waals surface area (Å²) in [5.74, 6) is -1.09. The number of carbonyl (C=O) groups is 2. The number of piperidine rings is 1. The van der Waals surface area contributed by atoms with Gasteiger partial charge in [-0.2, -0.15) is 0 Å². The quantitative estimate of drug-likeness (QED) is 0.810. The fourth-order valence-corrected chi connectivity index (χ4v) is 3.79. The van der Waals surface area contributed by atoms with Gasteiger partial charge < -0.3 is 14.9 Å². The molecule has 3 rings (SSSR count). The monoisotopic (exact) mass is 252 g/mol. The van der Waals surface area contributed by atoms with E-state index in [1.54, 1.807) is 0 Å². The van der Waals surface area contributed by atoms with Gasteiger partial charge in [0.2, 0.25) is 0 Å². The molecule has 5 heteroatoms. The number of carboxylic acids is 1. The molecule has 1 saturated carbocycles. The predicted octanol–water partition coefficient (Wildman–Crippen LogP) is 1.53. The van der Waals surface area contributed by atoms with E-state index in [1.165, 1.54) is 6.42 Å². The van der Waals surface area contributed by atoms with Gasteiger partial charge in [0.05, 0.1) is 12.0 Å². The zero-order chi connectivity index (χ0) is 12.7. The number of nitrogens with zero attached hydrogens (tertiary/aromatic N) is 2. The maximum absolute atomic E-state index is 12.4. The van der Waals surface area contributed by atoms with Crippen LogP contribution in [0.5, 0.6) is 0 Å². The fourth-order valence-electron chi connectivity index (χ4n) is 3.79. The number of carbonyl (C=O) groups excluding carboxylic acids is 1. The van der Waals surface area contributed by atoms with Gasteiger partial charge in [-0.05, 0) is 32.1 Å². The molecule has 3 atom stereocenters. The van der Waals surface area contributed by atoms with Gasteiger partial charge in [-0.25, -0.2) is 4.79 Å². The van der Waals surface area contributed by atoms with Crippen LogP contribution < -0.4 is 0 Å². The lowest BCUT2D eigenvalue weighted by molar-refractivity contribution is -0.142. The van der Waals surface area contributed by atoms with Crippen LogP contribution in [0.2, 0.25) is 0 Å². The molecule has 2 heterocycles. The van der Waals surface area contributed by atoms with Gasteiger partial charge >= 0.3 is 12.0 Å². The second-order valence-electron chi connectivity index (χ2n) is 5.72. The highest BCUT2D eigenvalue weighted by Gasteiger charge is 2.46. The Labute approximate surface area is 107 Å². The Morgan fingerprint density at radius 3 is 2.67 bits per heavy atom. The van der Waals surface area contributed by atoms with Crippen molar-refractivity contribution < 1.29 is 14.7 Å². The Morgan fingerprint density at radius 2 is 1.94 bits per heavy atom. The van der Waals surface area contributed by atoms with Crippen LogP contribution in [0.4, 0.5) is 4.79 Å². The summed E-state index contributed by atoms with van der Waals surface area (Å²) >= 11 is 0. The summed E-state index contributed by atoms with van der Waals surface area (Å²) in [6.07, 6.45) is 5.85. The number of hydrogen-bond acceptors (Lipinski definition) is 2. The molecule has 1 N–H and O–H groups in total. The number of hydrogen-bond donors (Lipinski definition) is 1. The molecule has 100 valence electrons. The van der Waals surface area contributed by atoms with Crippen molar-refractivity contribution in [2.24, 2.45) is 5.92 Å². The number of rotatable bonds is 2. The largest absolute Gasteiger partial charge is 0.481 e. The van der Waals surface area contributed by atoms with Gasteiger partial charge in [-0.1, -0.05) is 6.42 Å². The minimum Gasteiger partial charge on any atom is -0.481 e. The number of fused-ring (bicyclic) bond motifs is 1. The van der Waals surface area contributed by atoms with Gasteiger partial charge in [0.25, 0.3) is 0 Å². The minimum atomic E-state index is -0.741. The third kappa shape index (κ3) is 1.76. The van der Waals surface area contributed by atoms with Crippen molar-refractivity contribution in [3.63, 3.8) is 0 Å². The van der Waals surface area contributed by atoms with Crippen LogP contribution in [0, 0.1) is 5.92 Å². The van der Waals surface area contributed by atoms with Crippen LogP contribution in [0.3, 0.4) is 0 Å². The summed E-state index contributed by atoms with van der Waals surface area (Å²) in [5.41, 5.74) is 0. The lowest BCUT2D eigenvalue weighted by Crippen LogP contribution is -2.43. The maximum Gasteiger partial charge on any atom is 0.320 e. The summed E-state index contributed by atoms with van der Waals surface area (Å²) in [5, 5.41) is 9.24. The van der Waals surface area contributed by atoms with Crippen molar-refractivity contribution in [3.05, 3.63) is 0 Å². The molecule has 2 amide bonds. The Kier molecular flexibility index (Phi) is 2.92. The highest BCUT2D eigenvalue weighted by molar-refractivity contribution is 5.79. The van der Waals surface area contributed by atoms with Crippen molar-refractivity contribution in [1.82, 2.24) is 9.80 Å². The summed E-state index contributed by atoms with van der Waals surface area (Å²) in [6.45, 7) is 1.59. The summed E-state index contributed by atoms with van der Waals surface area (Å²) in [6, 6.07) is 0.347. The second kappa shape index (κ2) is 4.44. The molecule has 0 bridgehead atoms. The first-order valence-electron chi connectivity index (χ1n) is 6.98.